The van der Waals surface area contributed by atoms with Gasteiger partial charge in [0, 0.05) is 31.8 Å². The highest BCUT2D eigenvalue weighted by Crippen LogP contribution is 2.15. The number of hydrogen-bond acceptors (Lipinski definition) is 15. The quantitative estimate of drug-likeness (QED) is 0.0169. The van der Waals surface area contributed by atoms with Crippen LogP contribution in [0.2, 0.25) is 0 Å². The number of phenolic OH excluding ortho intramolecular Hbond substituents is 1. The Hall–Kier alpha value is -8.31. The van der Waals surface area contributed by atoms with Crippen LogP contribution in [0.5, 0.6) is 5.75 Å². The first-order valence-electron chi connectivity index (χ1n) is 27.1. The Balaban J connectivity index is 3.56. The lowest BCUT2D eigenvalue weighted by molar-refractivity contribution is -0.138. The number of primary amides is 3. The van der Waals surface area contributed by atoms with Gasteiger partial charge in [-0.2, -0.15) is 0 Å². The molecule has 0 fully saturated rings. The van der Waals surface area contributed by atoms with Gasteiger partial charge >= 0.3 is 0 Å². The van der Waals surface area contributed by atoms with Crippen molar-refractivity contribution in [3.8, 4) is 5.75 Å². The Bertz CT molecular complexity index is 2370. The highest BCUT2D eigenvalue weighted by molar-refractivity contribution is 5.99. The zero-order chi connectivity index (χ0) is 62.6. The summed E-state index contributed by atoms with van der Waals surface area (Å²) in [7, 11) is 0. The summed E-state index contributed by atoms with van der Waals surface area (Å²) >= 11 is 0. The van der Waals surface area contributed by atoms with Crippen LogP contribution in [0.15, 0.2) is 24.3 Å². The van der Waals surface area contributed by atoms with Crippen LogP contribution < -0.4 is 81.8 Å². The fourth-order valence-electron chi connectivity index (χ4n) is 8.27. The third-order valence-electron chi connectivity index (χ3n) is 12.5. The van der Waals surface area contributed by atoms with Crippen molar-refractivity contribution in [3.05, 3.63) is 29.8 Å². The molecule has 1 aromatic rings. The molecule has 1 aromatic carbocycles. The van der Waals surface area contributed by atoms with Gasteiger partial charge in [0.1, 0.15) is 54.1 Å². The standard InChI is InChI=1S/C52H89N17O13/c1-25(2)21-28(7)43(75)66-37(24-39(54)73)47(79)67-36(22-26(3)4)48(80)68-40(27(5)6)49(81)69-41(29(8)70)50(82)64-33(12-10-20-61-52(58)59)44(76)63-34(17-18-38(53)72)46(78)62-32(11-9-19-60-51(56)57)45(77)65-35(42(55)74)23-30-13-15-31(71)16-14-30/h13-16,25-29,32-37,40-41,70-71H,9-12,17-24H2,1-8H3,(H2,53,72)(H2,54,73)(H2,55,74)(H,62,78)(H,63,76)(H,64,82)(H,65,77)(H,66,75)(H,67,79)(H,68,80)(H,69,81)(H4,56,57,60)(H4,58,59,61)/t28-,29+,32-,33-,34-,35+,36-,37-,40-,41-/m0/s1. The van der Waals surface area contributed by atoms with Gasteiger partial charge in [0.25, 0.3) is 0 Å². The molecule has 0 aliphatic carbocycles. The molecule has 0 radical (unpaired) electrons. The largest absolute Gasteiger partial charge is 0.508 e. The van der Waals surface area contributed by atoms with E-state index in [0.29, 0.717) is 12.0 Å². The molecular weight excluding hydrogens is 1070 g/mol. The molecule has 11 amide bonds. The Morgan fingerprint density at radius 2 is 0.878 bits per heavy atom. The SMILES string of the molecule is CC(C)C[C@H](NC(=O)[C@H](CC(N)=O)NC(=O)[C@@H](C)CC(C)C)C(=O)N[C@H](C(=O)N[C@H](C(=O)N[C@@H](CCCNC(=N)N)C(=O)N[C@@H](CCC(N)=O)C(=O)N[C@@H](CCCNC(=N)N)C(=O)N[C@H](Cc1ccc(O)cc1)C(N)=O)[C@@H](C)O)C(C)C. The molecule has 0 unspecified atom stereocenters. The van der Waals surface area contributed by atoms with Crippen molar-refractivity contribution in [2.75, 3.05) is 13.1 Å². The summed E-state index contributed by atoms with van der Waals surface area (Å²) in [5, 5.41) is 60.9. The number of nitrogens with two attached hydrogens (primary N) is 5. The van der Waals surface area contributed by atoms with Crippen LogP contribution in [-0.2, 0) is 59.2 Å². The van der Waals surface area contributed by atoms with Crippen molar-refractivity contribution >= 4 is 76.9 Å². The summed E-state index contributed by atoms with van der Waals surface area (Å²) in [6.45, 7) is 13.3. The first-order chi connectivity index (χ1) is 38.2. The number of aromatic hydroxyl groups is 1. The molecule has 30 heteroatoms. The average molecular weight is 1160 g/mol. The minimum absolute atomic E-state index is 0.00256. The lowest BCUT2D eigenvalue weighted by atomic mass is 9.97. The van der Waals surface area contributed by atoms with Crippen molar-refractivity contribution in [2.24, 2.45) is 52.3 Å². The highest BCUT2D eigenvalue weighted by Gasteiger charge is 2.37. The van der Waals surface area contributed by atoms with E-state index in [2.05, 4.69) is 53.2 Å². The van der Waals surface area contributed by atoms with Gasteiger partial charge in [-0.3, -0.25) is 63.6 Å². The molecule has 0 saturated heterocycles. The summed E-state index contributed by atoms with van der Waals surface area (Å²) in [4.78, 5) is 148. The van der Waals surface area contributed by atoms with E-state index in [1.54, 1.807) is 34.6 Å². The van der Waals surface area contributed by atoms with Crippen LogP contribution >= 0.6 is 0 Å². The first kappa shape index (κ1) is 71.7. The number of amides is 11. The van der Waals surface area contributed by atoms with Gasteiger partial charge in [-0.1, -0.05) is 60.6 Å². The maximum atomic E-state index is 14.3. The first-order valence-corrected chi connectivity index (χ1v) is 27.1. The van der Waals surface area contributed by atoms with Gasteiger partial charge in [-0.15, -0.1) is 0 Å². The monoisotopic (exact) mass is 1160 g/mol. The highest BCUT2D eigenvalue weighted by atomic mass is 16.3. The summed E-state index contributed by atoms with van der Waals surface area (Å²) < 4.78 is 0. The molecule has 10 atom stereocenters. The van der Waals surface area contributed by atoms with E-state index in [1.165, 1.54) is 24.3 Å². The van der Waals surface area contributed by atoms with Gasteiger partial charge in [-0.05, 0) is 87.3 Å². The van der Waals surface area contributed by atoms with Crippen LogP contribution in [0.1, 0.15) is 119 Å². The molecular formula is C52H89N17O13. The third-order valence-corrected chi connectivity index (χ3v) is 12.5. The number of rotatable bonds is 38. The molecule has 82 heavy (non-hydrogen) atoms. The Labute approximate surface area is 477 Å². The van der Waals surface area contributed by atoms with Crippen molar-refractivity contribution in [2.45, 2.75) is 174 Å². The molecule has 0 spiro atoms. The van der Waals surface area contributed by atoms with E-state index in [1.807, 2.05) is 13.8 Å². The lowest BCUT2D eigenvalue weighted by Gasteiger charge is -2.30. The van der Waals surface area contributed by atoms with Crippen LogP contribution in [0.3, 0.4) is 0 Å². The molecule has 0 saturated carbocycles. The summed E-state index contributed by atoms with van der Waals surface area (Å²) in [6.07, 6.45) is -3.00. The van der Waals surface area contributed by atoms with E-state index in [-0.39, 0.29) is 75.2 Å². The van der Waals surface area contributed by atoms with Gasteiger partial charge in [0.2, 0.25) is 65.0 Å². The molecule has 0 heterocycles. The number of carbonyl (C=O) groups excluding carboxylic acids is 11. The predicted octanol–water partition coefficient (Wildman–Crippen LogP) is -4.27. The minimum Gasteiger partial charge on any atom is -0.508 e. The molecule has 30 nitrogen and oxygen atoms in total. The van der Waals surface area contributed by atoms with Crippen LogP contribution in [0.4, 0.5) is 0 Å². The van der Waals surface area contributed by atoms with Crippen molar-refractivity contribution < 1.29 is 63.0 Å². The Morgan fingerprint density at radius 1 is 0.476 bits per heavy atom. The maximum Gasteiger partial charge on any atom is 0.245 e. The smallest absolute Gasteiger partial charge is 0.245 e. The van der Waals surface area contributed by atoms with Crippen molar-refractivity contribution in [1.29, 1.82) is 10.8 Å². The van der Waals surface area contributed by atoms with E-state index >= 15 is 0 Å². The van der Waals surface area contributed by atoms with Gasteiger partial charge in [-0.25, -0.2) is 0 Å². The van der Waals surface area contributed by atoms with Gasteiger partial charge in [0.15, 0.2) is 11.9 Å². The van der Waals surface area contributed by atoms with Crippen LogP contribution in [0.25, 0.3) is 0 Å². The molecule has 0 bridgehead atoms. The molecule has 24 N–H and O–H groups in total. The van der Waals surface area contributed by atoms with Crippen LogP contribution in [0, 0.1) is 34.5 Å². The van der Waals surface area contributed by atoms with E-state index < -0.39 is 156 Å². The van der Waals surface area contributed by atoms with Gasteiger partial charge < -0.3 is 92.0 Å². The maximum absolute atomic E-state index is 14.3. The number of guanidine groups is 2. The number of benzene rings is 1. The second kappa shape index (κ2) is 36.1. The number of carbonyl (C=O) groups is 11. The van der Waals surface area contributed by atoms with E-state index in [0.717, 1.165) is 6.92 Å². The summed E-state index contributed by atoms with van der Waals surface area (Å²) in [5.74, 6) is -12.2. The minimum atomic E-state index is -1.82. The third kappa shape index (κ3) is 28.2. The zero-order valence-electron chi connectivity index (χ0n) is 48.1. The number of phenols is 1. The normalized spacial score (nSPS) is 14.8. The van der Waals surface area contributed by atoms with Crippen molar-refractivity contribution in [3.63, 3.8) is 0 Å². The second-order valence-corrected chi connectivity index (χ2v) is 21.4. The predicted molar refractivity (Wildman–Crippen MR) is 302 cm³/mol. The van der Waals surface area contributed by atoms with E-state index in [9.17, 15) is 63.0 Å². The second-order valence-electron chi connectivity index (χ2n) is 21.4. The Kier molecular flexibility index (Phi) is 31.6. The van der Waals surface area contributed by atoms with Gasteiger partial charge in [0.05, 0.1) is 12.5 Å². The summed E-state index contributed by atoms with van der Waals surface area (Å²) in [6, 6.07) is -6.26. The number of hydrogen-bond donors (Lipinski definition) is 19. The molecule has 0 aromatic heterocycles. The molecule has 1 rings (SSSR count). The average Bonchev–Trinajstić information content (AvgIpc) is 3.36. The summed E-state index contributed by atoms with van der Waals surface area (Å²) in [5.41, 5.74) is 27.8. The lowest BCUT2D eigenvalue weighted by Crippen LogP contribution is -2.62. The zero-order valence-corrected chi connectivity index (χ0v) is 48.1. The topological polar surface area (TPSA) is 526 Å². The number of aliphatic hydroxyl groups excluding tert-OH is 1. The number of nitrogens with one attached hydrogen (secondary N) is 12. The molecule has 0 aliphatic heterocycles. The van der Waals surface area contributed by atoms with Crippen LogP contribution in [-0.4, -0.2) is 155 Å². The fourth-order valence-corrected chi connectivity index (χ4v) is 8.27. The van der Waals surface area contributed by atoms with Crippen molar-refractivity contribution in [1.82, 2.24) is 53.2 Å². The fraction of sp³-hybridized carbons (Fsp3) is 0.635. The van der Waals surface area contributed by atoms with E-state index in [4.69, 9.17) is 39.5 Å². The molecule has 460 valence electrons. The Morgan fingerprint density at radius 3 is 1.30 bits per heavy atom. The number of aliphatic hydroxyl groups is 1. The molecule has 0 aliphatic rings.